The predicted molar refractivity (Wildman–Crippen MR) is 67.9 cm³/mol. The summed E-state index contributed by atoms with van der Waals surface area (Å²) in [5.41, 5.74) is 4.54. The molecule has 0 radical (unpaired) electrons. The van der Waals surface area contributed by atoms with E-state index < -0.39 is 0 Å². The Morgan fingerprint density at radius 2 is 2.18 bits per heavy atom. The van der Waals surface area contributed by atoms with Crippen molar-refractivity contribution in [2.24, 2.45) is 0 Å². The van der Waals surface area contributed by atoms with Crippen molar-refractivity contribution in [3.63, 3.8) is 0 Å². The Kier molecular flexibility index (Phi) is 2.20. The van der Waals surface area contributed by atoms with Gasteiger partial charge in [-0.2, -0.15) is 5.26 Å². The number of hydrogen-bond donors (Lipinski definition) is 1. The molecule has 0 aliphatic heterocycles. The van der Waals surface area contributed by atoms with Crippen LogP contribution in [0.25, 0.3) is 10.9 Å². The van der Waals surface area contributed by atoms with Crippen molar-refractivity contribution >= 4 is 10.9 Å². The molecular weight excluding hydrogens is 210 g/mol. The first-order chi connectivity index (χ1) is 8.20. The van der Waals surface area contributed by atoms with E-state index in [4.69, 9.17) is 0 Å². The van der Waals surface area contributed by atoms with Gasteiger partial charge >= 0.3 is 0 Å². The van der Waals surface area contributed by atoms with Crippen molar-refractivity contribution in [3.05, 3.63) is 35.0 Å². The monoisotopic (exact) mass is 225 g/mol. The van der Waals surface area contributed by atoms with Crippen LogP contribution in [-0.2, 0) is 12.8 Å². The van der Waals surface area contributed by atoms with Crippen LogP contribution in [0.3, 0.4) is 0 Å². The largest absolute Gasteiger partial charge is 0.361 e. The Hall–Kier alpha value is -1.79. The molecule has 3 heteroatoms. The summed E-state index contributed by atoms with van der Waals surface area (Å²) in [5, 5.41) is 10.5. The van der Waals surface area contributed by atoms with E-state index in [2.05, 4.69) is 36.2 Å². The molecule has 0 saturated heterocycles. The second kappa shape index (κ2) is 3.61. The second-order valence-electron chi connectivity index (χ2n) is 4.97. The number of nitrogens with zero attached hydrogens (tertiary/aromatic N) is 2. The minimum Gasteiger partial charge on any atom is -0.361 e. The zero-order valence-electron chi connectivity index (χ0n) is 10.1. The summed E-state index contributed by atoms with van der Waals surface area (Å²) in [6, 6.07) is 6.75. The molecule has 0 amide bonds. The Bertz CT molecular complexity index is 616. The van der Waals surface area contributed by atoms with Crippen LogP contribution >= 0.6 is 0 Å². The van der Waals surface area contributed by atoms with E-state index in [1.54, 1.807) is 0 Å². The highest BCUT2D eigenvalue weighted by Gasteiger charge is 2.25. The van der Waals surface area contributed by atoms with Crippen LogP contribution in [0.15, 0.2) is 18.3 Å². The lowest BCUT2D eigenvalue weighted by Gasteiger charge is -2.28. The molecule has 1 aliphatic rings. The quantitative estimate of drug-likeness (QED) is 0.807. The maximum Gasteiger partial charge on any atom is 0.0994 e. The summed E-state index contributed by atoms with van der Waals surface area (Å²) in [6.07, 6.45) is 4.12. The number of likely N-dealkylation sites (N-methyl/N-ethyl adjacent to an activating group) is 1. The highest BCUT2D eigenvalue weighted by Crippen LogP contribution is 2.32. The van der Waals surface area contributed by atoms with Gasteiger partial charge in [0, 0.05) is 23.1 Å². The van der Waals surface area contributed by atoms with Crippen molar-refractivity contribution in [1.82, 2.24) is 9.88 Å². The molecular formula is C14H15N3. The van der Waals surface area contributed by atoms with Gasteiger partial charge in [0.15, 0.2) is 0 Å². The Morgan fingerprint density at radius 3 is 2.88 bits per heavy atom. The zero-order valence-corrected chi connectivity index (χ0v) is 10.1. The van der Waals surface area contributed by atoms with Crippen molar-refractivity contribution in [3.8, 4) is 6.07 Å². The van der Waals surface area contributed by atoms with Gasteiger partial charge in [-0.05, 0) is 50.2 Å². The number of nitrogens with one attached hydrogen (secondary N) is 1. The second-order valence-corrected chi connectivity index (χ2v) is 4.97. The third-order valence-corrected chi connectivity index (χ3v) is 3.78. The van der Waals surface area contributed by atoms with Gasteiger partial charge in [0.1, 0.15) is 0 Å². The fraction of sp³-hybridized carbons (Fsp3) is 0.357. The van der Waals surface area contributed by atoms with Crippen LogP contribution in [0, 0.1) is 11.3 Å². The summed E-state index contributed by atoms with van der Waals surface area (Å²) in [4.78, 5) is 5.55. The Balaban J connectivity index is 2.24. The summed E-state index contributed by atoms with van der Waals surface area (Å²) in [5.74, 6) is 0. The van der Waals surface area contributed by atoms with Gasteiger partial charge in [0.05, 0.1) is 11.6 Å². The average Bonchev–Trinajstić information content (AvgIpc) is 2.74. The van der Waals surface area contributed by atoms with Crippen LogP contribution in [0.4, 0.5) is 0 Å². The Morgan fingerprint density at radius 1 is 1.35 bits per heavy atom. The molecule has 1 atom stereocenters. The highest BCUT2D eigenvalue weighted by atomic mass is 15.1. The maximum absolute atomic E-state index is 9.21. The molecule has 3 nitrogen and oxygen atoms in total. The van der Waals surface area contributed by atoms with E-state index in [1.807, 2.05) is 12.1 Å². The van der Waals surface area contributed by atoms with E-state index in [0.29, 0.717) is 6.04 Å². The number of nitriles is 1. The average molecular weight is 225 g/mol. The molecule has 1 aromatic heterocycles. The molecule has 0 bridgehead atoms. The molecule has 1 aliphatic carbocycles. The van der Waals surface area contributed by atoms with Crippen LogP contribution < -0.4 is 0 Å². The van der Waals surface area contributed by atoms with Gasteiger partial charge < -0.3 is 9.88 Å². The van der Waals surface area contributed by atoms with Gasteiger partial charge in [0.25, 0.3) is 0 Å². The van der Waals surface area contributed by atoms with E-state index in [1.165, 1.54) is 16.5 Å². The number of rotatable bonds is 1. The SMILES string of the molecule is CN(C)C1Cc2c[nH]c3ccc(C#N)c(c23)C1. The standard InChI is InChI=1S/C14H15N3/c1-17(2)11-5-10-8-16-13-4-3-9(7-15)12(6-11)14(10)13/h3-4,8,11,16H,5-6H2,1-2H3. The van der Waals surface area contributed by atoms with Gasteiger partial charge in [-0.25, -0.2) is 0 Å². The smallest absolute Gasteiger partial charge is 0.0994 e. The molecule has 1 N–H and O–H groups in total. The van der Waals surface area contributed by atoms with Gasteiger partial charge in [-0.1, -0.05) is 0 Å². The van der Waals surface area contributed by atoms with Gasteiger partial charge in [0.2, 0.25) is 0 Å². The van der Waals surface area contributed by atoms with Crippen LogP contribution in [0.5, 0.6) is 0 Å². The minimum absolute atomic E-state index is 0.496. The van der Waals surface area contributed by atoms with E-state index in [0.717, 1.165) is 23.9 Å². The molecule has 86 valence electrons. The zero-order chi connectivity index (χ0) is 12.0. The van der Waals surface area contributed by atoms with Crippen molar-refractivity contribution in [2.45, 2.75) is 18.9 Å². The highest BCUT2D eigenvalue weighted by molar-refractivity contribution is 5.89. The fourth-order valence-corrected chi connectivity index (χ4v) is 2.78. The topological polar surface area (TPSA) is 42.8 Å². The molecule has 0 saturated carbocycles. The van der Waals surface area contributed by atoms with E-state index in [9.17, 15) is 5.26 Å². The first-order valence-corrected chi connectivity index (χ1v) is 5.89. The number of benzene rings is 1. The Labute approximate surface area is 101 Å². The number of hydrogen-bond acceptors (Lipinski definition) is 2. The predicted octanol–water partition coefficient (Wildman–Crippen LogP) is 2.07. The van der Waals surface area contributed by atoms with Crippen LogP contribution in [0.1, 0.15) is 16.7 Å². The normalized spacial score (nSPS) is 18.6. The maximum atomic E-state index is 9.21. The summed E-state index contributed by atoms with van der Waals surface area (Å²) >= 11 is 0. The molecule has 0 spiro atoms. The lowest BCUT2D eigenvalue weighted by atomic mass is 9.86. The summed E-state index contributed by atoms with van der Waals surface area (Å²) in [6.45, 7) is 0. The molecule has 1 heterocycles. The summed E-state index contributed by atoms with van der Waals surface area (Å²) < 4.78 is 0. The van der Waals surface area contributed by atoms with Crippen LogP contribution in [-0.4, -0.2) is 30.0 Å². The van der Waals surface area contributed by atoms with Crippen LogP contribution in [0.2, 0.25) is 0 Å². The van der Waals surface area contributed by atoms with Crippen molar-refractivity contribution < 1.29 is 0 Å². The molecule has 1 aromatic carbocycles. The molecule has 1 unspecified atom stereocenters. The number of aromatic nitrogens is 1. The lowest BCUT2D eigenvalue weighted by molar-refractivity contribution is 0.287. The fourth-order valence-electron chi connectivity index (χ4n) is 2.78. The third kappa shape index (κ3) is 1.45. The molecule has 3 rings (SSSR count). The molecule has 0 fully saturated rings. The van der Waals surface area contributed by atoms with E-state index >= 15 is 0 Å². The van der Waals surface area contributed by atoms with Crippen molar-refractivity contribution in [2.75, 3.05) is 14.1 Å². The summed E-state index contributed by atoms with van der Waals surface area (Å²) in [7, 11) is 4.21. The van der Waals surface area contributed by atoms with Gasteiger partial charge in [-0.3, -0.25) is 0 Å². The number of aromatic amines is 1. The molecule has 17 heavy (non-hydrogen) atoms. The first kappa shape index (κ1) is 10.4. The third-order valence-electron chi connectivity index (χ3n) is 3.78. The van der Waals surface area contributed by atoms with Gasteiger partial charge in [-0.15, -0.1) is 0 Å². The van der Waals surface area contributed by atoms with E-state index in [-0.39, 0.29) is 0 Å². The minimum atomic E-state index is 0.496. The van der Waals surface area contributed by atoms with Crippen molar-refractivity contribution in [1.29, 1.82) is 5.26 Å². The number of H-pyrrole nitrogens is 1. The lowest BCUT2D eigenvalue weighted by Crippen LogP contribution is -2.34. The first-order valence-electron chi connectivity index (χ1n) is 5.89. The molecule has 2 aromatic rings.